The lowest BCUT2D eigenvalue weighted by molar-refractivity contribution is -0.118. The van der Waals surface area contributed by atoms with Crippen molar-refractivity contribution < 1.29 is 13.9 Å². The van der Waals surface area contributed by atoms with Crippen molar-refractivity contribution in [1.29, 1.82) is 0 Å². The molecule has 0 fully saturated rings. The number of carbonyl (C=O) groups is 1. The number of halogens is 3. The molecule has 0 spiro atoms. The SMILES string of the molecule is O=C(COc1ccc(Cl)cc1)Nc1ccc(I)cc1F. The third-order valence-corrected chi connectivity index (χ3v) is 3.31. The molecule has 20 heavy (non-hydrogen) atoms. The highest BCUT2D eigenvalue weighted by molar-refractivity contribution is 14.1. The van der Waals surface area contributed by atoms with Crippen LogP contribution in [0, 0.1) is 9.39 Å². The minimum Gasteiger partial charge on any atom is -0.484 e. The molecule has 3 nitrogen and oxygen atoms in total. The van der Waals surface area contributed by atoms with Crippen LogP contribution in [0.15, 0.2) is 42.5 Å². The summed E-state index contributed by atoms with van der Waals surface area (Å²) in [5.41, 5.74) is 0.134. The molecule has 1 N–H and O–H groups in total. The lowest BCUT2D eigenvalue weighted by Gasteiger charge is -2.08. The molecular weight excluding hydrogens is 396 g/mol. The van der Waals surface area contributed by atoms with Gasteiger partial charge in [-0.25, -0.2) is 4.39 Å². The average Bonchev–Trinajstić information content (AvgIpc) is 2.41. The Morgan fingerprint density at radius 2 is 1.95 bits per heavy atom. The molecule has 0 saturated heterocycles. The van der Waals surface area contributed by atoms with Crippen LogP contribution in [-0.2, 0) is 4.79 Å². The van der Waals surface area contributed by atoms with Gasteiger partial charge in [0.05, 0.1) is 5.69 Å². The van der Waals surface area contributed by atoms with Crippen molar-refractivity contribution >= 4 is 45.8 Å². The zero-order chi connectivity index (χ0) is 14.5. The van der Waals surface area contributed by atoms with Gasteiger partial charge in [0.15, 0.2) is 6.61 Å². The molecule has 0 radical (unpaired) electrons. The molecule has 1 amide bonds. The van der Waals surface area contributed by atoms with Gasteiger partial charge in [0.25, 0.3) is 5.91 Å². The van der Waals surface area contributed by atoms with Crippen LogP contribution in [0.2, 0.25) is 5.02 Å². The van der Waals surface area contributed by atoms with E-state index >= 15 is 0 Å². The van der Waals surface area contributed by atoms with Crippen LogP contribution in [0.1, 0.15) is 0 Å². The van der Waals surface area contributed by atoms with Crippen LogP contribution < -0.4 is 10.1 Å². The van der Waals surface area contributed by atoms with E-state index in [0.29, 0.717) is 10.8 Å². The fourth-order valence-electron chi connectivity index (χ4n) is 1.46. The van der Waals surface area contributed by atoms with E-state index in [4.69, 9.17) is 16.3 Å². The highest BCUT2D eigenvalue weighted by Crippen LogP contribution is 2.18. The van der Waals surface area contributed by atoms with Crippen LogP contribution in [0.3, 0.4) is 0 Å². The highest BCUT2D eigenvalue weighted by atomic mass is 127. The molecule has 104 valence electrons. The van der Waals surface area contributed by atoms with Crippen LogP contribution in [-0.4, -0.2) is 12.5 Å². The topological polar surface area (TPSA) is 38.3 Å². The second-order valence-electron chi connectivity index (χ2n) is 3.91. The maximum Gasteiger partial charge on any atom is 0.262 e. The quantitative estimate of drug-likeness (QED) is 0.778. The molecule has 0 atom stereocenters. The minimum absolute atomic E-state index is 0.134. The summed E-state index contributed by atoms with van der Waals surface area (Å²) in [5.74, 6) is -0.385. The number of benzene rings is 2. The molecule has 0 aromatic heterocycles. The Labute approximate surface area is 134 Å². The fourth-order valence-corrected chi connectivity index (χ4v) is 2.04. The molecule has 0 aliphatic heterocycles. The average molecular weight is 406 g/mol. The Morgan fingerprint density at radius 3 is 2.60 bits per heavy atom. The number of nitrogens with one attached hydrogen (secondary N) is 1. The Kier molecular flexibility index (Phi) is 5.19. The van der Waals surface area contributed by atoms with E-state index in [1.165, 1.54) is 12.1 Å². The molecule has 0 bridgehead atoms. The minimum atomic E-state index is -0.475. The molecular formula is C14H10ClFINO2. The van der Waals surface area contributed by atoms with Crippen molar-refractivity contribution in [3.05, 3.63) is 56.9 Å². The summed E-state index contributed by atoms with van der Waals surface area (Å²) in [5, 5.41) is 3.04. The molecule has 0 unspecified atom stereocenters. The second-order valence-corrected chi connectivity index (χ2v) is 5.60. The molecule has 0 aliphatic rings. The van der Waals surface area contributed by atoms with E-state index in [-0.39, 0.29) is 12.3 Å². The van der Waals surface area contributed by atoms with Crippen molar-refractivity contribution in [1.82, 2.24) is 0 Å². The van der Waals surface area contributed by atoms with Gasteiger partial charge in [0.1, 0.15) is 11.6 Å². The summed E-state index contributed by atoms with van der Waals surface area (Å²) < 4.78 is 19.6. The summed E-state index contributed by atoms with van der Waals surface area (Å²) in [7, 11) is 0. The standard InChI is InChI=1S/C14H10ClFINO2/c15-9-1-4-11(5-2-9)20-8-14(19)18-13-6-3-10(17)7-12(13)16/h1-7H,8H2,(H,18,19). The fraction of sp³-hybridized carbons (Fsp3) is 0.0714. The number of rotatable bonds is 4. The first-order valence-corrected chi connectivity index (χ1v) is 7.13. The van der Waals surface area contributed by atoms with Crippen molar-refractivity contribution in [3.63, 3.8) is 0 Å². The monoisotopic (exact) mass is 405 g/mol. The van der Waals surface area contributed by atoms with E-state index in [2.05, 4.69) is 5.32 Å². The van der Waals surface area contributed by atoms with Crippen molar-refractivity contribution in [2.24, 2.45) is 0 Å². The maximum atomic E-state index is 13.5. The van der Waals surface area contributed by atoms with Gasteiger partial charge >= 0.3 is 0 Å². The second kappa shape index (κ2) is 6.90. The predicted octanol–water partition coefficient (Wildman–Crippen LogP) is 4.10. The number of amides is 1. The Bertz CT molecular complexity index is 619. The maximum absolute atomic E-state index is 13.5. The van der Waals surface area contributed by atoms with Gasteiger partial charge in [0, 0.05) is 8.59 Å². The number of anilines is 1. The summed E-state index contributed by atoms with van der Waals surface area (Å²) in [6.07, 6.45) is 0. The van der Waals surface area contributed by atoms with E-state index in [1.54, 1.807) is 30.3 Å². The number of ether oxygens (including phenoxy) is 1. The lowest BCUT2D eigenvalue weighted by atomic mass is 10.3. The van der Waals surface area contributed by atoms with Gasteiger partial charge in [-0.2, -0.15) is 0 Å². The van der Waals surface area contributed by atoms with Crippen LogP contribution >= 0.6 is 34.2 Å². The smallest absolute Gasteiger partial charge is 0.262 e. The lowest BCUT2D eigenvalue weighted by Crippen LogP contribution is -2.20. The van der Waals surface area contributed by atoms with E-state index in [9.17, 15) is 9.18 Å². The summed E-state index contributed by atoms with van der Waals surface area (Å²) >= 11 is 7.73. The van der Waals surface area contributed by atoms with Crippen molar-refractivity contribution in [2.45, 2.75) is 0 Å². The zero-order valence-corrected chi connectivity index (χ0v) is 13.1. The molecule has 2 rings (SSSR count). The molecule has 0 heterocycles. The van der Waals surface area contributed by atoms with E-state index in [1.807, 2.05) is 22.6 Å². The Morgan fingerprint density at radius 1 is 1.25 bits per heavy atom. The van der Waals surface area contributed by atoms with Gasteiger partial charge in [-0.15, -0.1) is 0 Å². The number of carbonyl (C=O) groups excluding carboxylic acids is 1. The number of hydrogen-bond acceptors (Lipinski definition) is 2. The zero-order valence-electron chi connectivity index (χ0n) is 10.2. The first-order valence-electron chi connectivity index (χ1n) is 5.68. The molecule has 2 aromatic carbocycles. The molecule has 2 aromatic rings. The van der Waals surface area contributed by atoms with Gasteiger partial charge in [0.2, 0.25) is 0 Å². The van der Waals surface area contributed by atoms with Crippen LogP contribution in [0.25, 0.3) is 0 Å². The van der Waals surface area contributed by atoms with Crippen LogP contribution in [0.5, 0.6) is 5.75 Å². The molecule has 0 saturated carbocycles. The van der Waals surface area contributed by atoms with E-state index in [0.717, 1.165) is 3.57 Å². The molecule has 0 aliphatic carbocycles. The van der Waals surface area contributed by atoms with Crippen LogP contribution in [0.4, 0.5) is 10.1 Å². The Hall–Kier alpha value is -1.34. The normalized spacial score (nSPS) is 10.2. The first-order chi connectivity index (χ1) is 9.54. The summed E-state index contributed by atoms with van der Waals surface area (Å²) in [6, 6.07) is 11.2. The number of hydrogen-bond donors (Lipinski definition) is 1. The summed E-state index contributed by atoms with van der Waals surface area (Å²) in [6.45, 7) is -0.201. The molecule has 6 heteroatoms. The largest absolute Gasteiger partial charge is 0.484 e. The van der Waals surface area contributed by atoms with Gasteiger partial charge < -0.3 is 10.1 Å². The van der Waals surface area contributed by atoms with E-state index < -0.39 is 11.7 Å². The van der Waals surface area contributed by atoms with Crippen molar-refractivity contribution in [3.8, 4) is 5.75 Å². The Balaban J connectivity index is 1.90. The third kappa shape index (κ3) is 4.35. The third-order valence-electron chi connectivity index (χ3n) is 2.39. The van der Waals surface area contributed by atoms with Crippen molar-refractivity contribution in [2.75, 3.05) is 11.9 Å². The van der Waals surface area contributed by atoms with Gasteiger partial charge in [-0.3, -0.25) is 4.79 Å². The predicted molar refractivity (Wildman–Crippen MR) is 84.7 cm³/mol. The highest BCUT2D eigenvalue weighted by Gasteiger charge is 2.08. The van der Waals surface area contributed by atoms with Gasteiger partial charge in [-0.05, 0) is 65.1 Å². The first kappa shape index (κ1) is 15.1. The van der Waals surface area contributed by atoms with Gasteiger partial charge in [-0.1, -0.05) is 11.6 Å². The summed E-state index contributed by atoms with van der Waals surface area (Å²) in [4.78, 5) is 11.7.